The monoisotopic (exact) mass is 170 g/mol. The lowest BCUT2D eigenvalue weighted by Gasteiger charge is -2.08. The Kier molecular flexibility index (Phi) is 2.95. The molecule has 0 aromatic carbocycles. The van der Waals surface area contributed by atoms with Gasteiger partial charge in [0, 0.05) is 12.6 Å². The summed E-state index contributed by atoms with van der Waals surface area (Å²) in [4.78, 5) is 11.1. The van der Waals surface area contributed by atoms with Crippen molar-refractivity contribution in [3.63, 3.8) is 0 Å². The number of amides is 2. The molecule has 3 heteroatoms. The van der Waals surface area contributed by atoms with Crippen molar-refractivity contribution < 1.29 is 4.79 Å². The predicted molar refractivity (Wildman–Crippen MR) is 48.9 cm³/mol. The van der Waals surface area contributed by atoms with Crippen molar-refractivity contribution in [1.82, 2.24) is 10.6 Å². The third-order valence-corrected chi connectivity index (χ3v) is 2.10. The molecule has 0 saturated heterocycles. The molecule has 0 heterocycles. The van der Waals surface area contributed by atoms with E-state index in [0.717, 1.165) is 13.0 Å². The van der Waals surface area contributed by atoms with Crippen LogP contribution < -0.4 is 10.6 Å². The van der Waals surface area contributed by atoms with Crippen LogP contribution in [0.5, 0.6) is 0 Å². The van der Waals surface area contributed by atoms with Gasteiger partial charge in [-0.15, -0.1) is 0 Å². The van der Waals surface area contributed by atoms with Gasteiger partial charge in [-0.3, -0.25) is 0 Å². The highest BCUT2D eigenvalue weighted by atomic mass is 16.2. The van der Waals surface area contributed by atoms with E-state index in [2.05, 4.69) is 31.4 Å². The van der Waals surface area contributed by atoms with Gasteiger partial charge in [-0.05, 0) is 18.3 Å². The van der Waals surface area contributed by atoms with E-state index in [1.807, 2.05) is 0 Å². The summed E-state index contributed by atoms with van der Waals surface area (Å²) in [5.74, 6) is 1.20. The van der Waals surface area contributed by atoms with Gasteiger partial charge in [0.25, 0.3) is 0 Å². The number of urea groups is 1. The van der Waals surface area contributed by atoms with E-state index < -0.39 is 0 Å². The van der Waals surface area contributed by atoms with Crippen LogP contribution in [0.4, 0.5) is 4.79 Å². The Balaban J connectivity index is 2.04. The van der Waals surface area contributed by atoms with Crippen LogP contribution >= 0.6 is 0 Å². The Morgan fingerprint density at radius 2 is 2.17 bits per heavy atom. The highest BCUT2D eigenvalue weighted by molar-refractivity contribution is 5.74. The summed E-state index contributed by atoms with van der Waals surface area (Å²) in [6.07, 6.45) is 1.13. The van der Waals surface area contributed by atoms with Crippen molar-refractivity contribution in [2.45, 2.75) is 33.2 Å². The van der Waals surface area contributed by atoms with Crippen molar-refractivity contribution >= 4 is 6.03 Å². The number of carbonyl (C=O) groups is 1. The molecule has 0 spiro atoms. The van der Waals surface area contributed by atoms with E-state index >= 15 is 0 Å². The van der Waals surface area contributed by atoms with Crippen LogP contribution in [0.15, 0.2) is 0 Å². The van der Waals surface area contributed by atoms with Crippen LogP contribution in [0, 0.1) is 11.8 Å². The second-order valence-electron chi connectivity index (χ2n) is 4.07. The topological polar surface area (TPSA) is 41.1 Å². The van der Waals surface area contributed by atoms with Crippen molar-refractivity contribution in [3.05, 3.63) is 0 Å². The quantitative estimate of drug-likeness (QED) is 0.659. The maximum Gasteiger partial charge on any atom is 0.315 e. The number of nitrogens with one attached hydrogen (secondary N) is 2. The minimum Gasteiger partial charge on any atom is -0.338 e. The Morgan fingerprint density at radius 3 is 2.58 bits per heavy atom. The molecule has 1 rings (SSSR count). The van der Waals surface area contributed by atoms with Gasteiger partial charge in [0.05, 0.1) is 0 Å². The molecule has 1 saturated carbocycles. The summed E-state index contributed by atoms with van der Waals surface area (Å²) in [6, 6.07) is 0.412. The molecular weight excluding hydrogens is 152 g/mol. The third kappa shape index (κ3) is 3.11. The predicted octanol–water partition coefficient (Wildman–Crippen LogP) is 1.35. The molecule has 1 fully saturated rings. The molecule has 0 aliphatic heterocycles. The lowest BCUT2D eigenvalue weighted by molar-refractivity contribution is 0.239. The van der Waals surface area contributed by atoms with Gasteiger partial charge >= 0.3 is 6.03 Å². The van der Waals surface area contributed by atoms with E-state index in [1.165, 1.54) is 0 Å². The molecule has 1 aliphatic carbocycles. The van der Waals surface area contributed by atoms with Crippen LogP contribution in [0.1, 0.15) is 27.2 Å². The van der Waals surface area contributed by atoms with Crippen molar-refractivity contribution in [2.75, 3.05) is 6.54 Å². The van der Waals surface area contributed by atoms with Gasteiger partial charge in [0.15, 0.2) is 0 Å². The number of carbonyl (C=O) groups excluding carboxylic acids is 1. The van der Waals surface area contributed by atoms with Crippen LogP contribution in [0.3, 0.4) is 0 Å². The molecule has 0 bridgehead atoms. The maximum atomic E-state index is 11.1. The summed E-state index contributed by atoms with van der Waals surface area (Å²) in [6.45, 7) is 7.07. The van der Waals surface area contributed by atoms with Crippen LogP contribution in [-0.4, -0.2) is 18.6 Å². The van der Waals surface area contributed by atoms with Crippen molar-refractivity contribution in [1.29, 1.82) is 0 Å². The molecule has 70 valence electrons. The Labute approximate surface area is 73.9 Å². The molecule has 0 aromatic heterocycles. The minimum atomic E-state index is -0.0157. The zero-order valence-electron chi connectivity index (χ0n) is 8.05. The van der Waals surface area contributed by atoms with Crippen molar-refractivity contribution in [2.24, 2.45) is 11.8 Å². The molecule has 2 N–H and O–H groups in total. The maximum absolute atomic E-state index is 11.1. The zero-order chi connectivity index (χ0) is 9.14. The molecule has 0 radical (unpaired) electrons. The van der Waals surface area contributed by atoms with Gasteiger partial charge in [-0.25, -0.2) is 4.79 Å². The van der Waals surface area contributed by atoms with E-state index in [-0.39, 0.29) is 6.03 Å². The normalized spacial score (nSPS) is 27.0. The molecule has 0 aromatic rings. The van der Waals surface area contributed by atoms with Crippen LogP contribution in [0.25, 0.3) is 0 Å². The highest BCUT2D eigenvalue weighted by Crippen LogP contribution is 2.28. The van der Waals surface area contributed by atoms with Gasteiger partial charge in [0.2, 0.25) is 0 Å². The molecule has 2 amide bonds. The first kappa shape index (κ1) is 9.36. The smallest absolute Gasteiger partial charge is 0.315 e. The lowest BCUT2D eigenvalue weighted by Crippen LogP contribution is -2.39. The summed E-state index contributed by atoms with van der Waals surface area (Å²) in [5, 5.41) is 5.73. The third-order valence-electron chi connectivity index (χ3n) is 2.10. The fourth-order valence-electron chi connectivity index (χ4n) is 1.04. The second-order valence-corrected chi connectivity index (χ2v) is 4.07. The SMILES string of the molecule is CC(C)CNC(=O)N[C@@H]1C[C@H]1C. The van der Waals surface area contributed by atoms with E-state index in [4.69, 9.17) is 0 Å². The average Bonchev–Trinajstić information content (AvgIpc) is 2.62. The molecule has 2 atom stereocenters. The van der Waals surface area contributed by atoms with Gasteiger partial charge in [-0.2, -0.15) is 0 Å². The number of rotatable bonds is 3. The van der Waals surface area contributed by atoms with Crippen molar-refractivity contribution in [3.8, 4) is 0 Å². The van der Waals surface area contributed by atoms with E-state index in [0.29, 0.717) is 17.9 Å². The minimum absolute atomic E-state index is 0.0157. The second kappa shape index (κ2) is 3.78. The first-order valence-electron chi connectivity index (χ1n) is 4.64. The highest BCUT2D eigenvalue weighted by Gasteiger charge is 2.33. The fourth-order valence-corrected chi connectivity index (χ4v) is 1.04. The lowest BCUT2D eigenvalue weighted by atomic mass is 10.2. The Morgan fingerprint density at radius 1 is 1.58 bits per heavy atom. The Bertz CT molecular complexity index is 168. The molecule has 12 heavy (non-hydrogen) atoms. The number of hydrogen-bond acceptors (Lipinski definition) is 1. The van der Waals surface area contributed by atoms with Crippen LogP contribution in [-0.2, 0) is 0 Å². The van der Waals surface area contributed by atoms with E-state index in [9.17, 15) is 4.79 Å². The van der Waals surface area contributed by atoms with E-state index in [1.54, 1.807) is 0 Å². The fraction of sp³-hybridized carbons (Fsp3) is 0.889. The van der Waals surface area contributed by atoms with Crippen LogP contribution in [0.2, 0.25) is 0 Å². The standard InChI is InChI=1S/C9H18N2O/c1-6(2)5-10-9(12)11-8-4-7(8)3/h6-8H,4-5H2,1-3H3,(H2,10,11,12)/t7-,8-/m1/s1. The zero-order valence-corrected chi connectivity index (χ0v) is 8.05. The first-order valence-corrected chi connectivity index (χ1v) is 4.64. The van der Waals surface area contributed by atoms with Gasteiger partial charge < -0.3 is 10.6 Å². The summed E-state index contributed by atoms with van der Waals surface area (Å²) >= 11 is 0. The molecule has 1 aliphatic rings. The van der Waals surface area contributed by atoms with Gasteiger partial charge in [-0.1, -0.05) is 20.8 Å². The Hall–Kier alpha value is -0.730. The number of hydrogen-bond donors (Lipinski definition) is 2. The summed E-state index contributed by atoms with van der Waals surface area (Å²) in [5.41, 5.74) is 0. The average molecular weight is 170 g/mol. The molecule has 3 nitrogen and oxygen atoms in total. The molecular formula is C9H18N2O. The largest absolute Gasteiger partial charge is 0.338 e. The summed E-state index contributed by atoms with van der Waals surface area (Å²) < 4.78 is 0. The van der Waals surface area contributed by atoms with Gasteiger partial charge in [0.1, 0.15) is 0 Å². The molecule has 0 unspecified atom stereocenters. The first-order chi connectivity index (χ1) is 5.59. The summed E-state index contributed by atoms with van der Waals surface area (Å²) in [7, 11) is 0.